The molecule has 2 fully saturated rings. The minimum Gasteiger partial charge on any atom is -0.456 e. The van der Waals surface area contributed by atoms with E-state index in [1.165, 1.54) is 14.2 Å². The van der Waals surface area contributed by atoms with E-state index in [1.54, 1.807) is 0 Å². The third kappa shape index (κ3) is 7.66. The molecule has 7 aromatic rings. The lowest BCUT2D eigenvalue weighted by Gasteiger charge is -2.30. The average molecular weight is 867 g/mol. The fourth-order valence-electron chi connectivity index (χ4n) is 9.66. The summed E-state index contributed by atoms with van der Waals surface area (Å²) in [5.74, 6) is 1.15. The molecule has 2 aliphatic heterocycles. The molecule has 332 valence electrons. The summed E-state index contributed by atoms with van der Waals surface area (Å²) in [6, 6.07) is 21.0. The molecule has 2 aliphatic rings. The van der Waals surface area contributed by atoms with Gasteiger partial charge in [0.1, 0.15) is 34.9 Å². The van der Waals surface area contributed by atoms with Crippen LogP contribution in [0.5, 0.6) is 0 Å². The summed E-state index contributed by atoms with van der Waals surface area (Å²) >= 11 is 0. The van der Waals surface area contributed by atoms with Crippen molar-refractivity contribution in [1.82, 2.24) is 40.4 Å². The number of alkyl carbamates (subject to hydrolysis) is 2. The van der Waals surface area contributed by atoms with E-state index < -0.39 is 24.3 Å². The number of likely N-dealkylation sites (tertiary alicyclic amines) is 2. The molecular weight excluding hydrogens is 813 g/mol. The van der Waals surface area contributed by atoms with Crippen LogP contribution >= 0.6 is 0 Å². The molecule has 5 atom stereocenters. The van der Waals surface area contributed by atoms with Gasteiger partial charge in [-0.1, -0.05) is 77.1 Å². The first kappa shape index (κ1) is 42.4. The Balaban J connectivity index is 0.963. The second-order valence-electron chi connectivity index (χ2n) is 17.9. The third-order valence-corrected chi connectivity index (χ3v) is 13.0. The van der Waals surface area contributed by atoms with Gasteiger partial charge < -0.3 is 44.3 Å². The monoisotopic (exact) mass is 866 g/mol. The maximum absolute atomic E-state index is 13.8. The zero-order valence-electron chi connectivity index (χ0n) is 37.2. The predicted octanol–water partition coefficient (Wildman–Crippen LogP) is 8.96. The fourth-order valence-corrected chi connectivity index (χ4v) is 9.66. The number of rotatable bonds is 11. The van der Waals surface area contributed by atoms with Gasteiger partial charge in [-0.05, 0) is 89.1 Å². The van der Waals surface area contributed by atoms with Crippen LogP contribution in [-0.4, -0.2) is 93.1 Å². The van der Waals surface area contributed by atoms with Crippen molar-refractivity contribution < 1.29 is 33.1 Å². The molecule has 0 aliphatic carbocycles. The molecule has 4 aromatic heterocycles. The molecule has 2 bridgehead atoms. The Labute approximate surface area is 370 Å². The van der Waals surface area contributed by atoms with Crippen LogP contribution in [0.25, 0.3) is 66.5 Å². The number of aromatic nitrogens is 4. The molecule has 4 N–H and O–H groups in total. The summed E-state index contributed by atoms with van der Waals surface area (Å²) in [5.41, 5.74) is 9.23. The second kappa shape index (κ2) is 17.0. The molecule has 5 unspecified atom stereocenters. The zero-order valence-corrected chi connectivity index (χ0v) is 37.2. The first-order chi connectivity index (χ1) is 30.8. The summed E-state index contributed by atoms with van der Waals surface area (Å²) in [4.78, 5) is 72.2. The molecule has 0 spiro atoms. The molecule has 6 heterocycles. The van der Waals surface area contributed by atoms with Crippen molar-refractivity contribution in [1.29, 1.82) is 0 Å². The molecule has 4 amide bonds. The SMILES string of the molecule is COC(=O)NC(C(=O)N1CC(C)CC1c1ncc(-c2ccc(-c3ccc(-c4ccc5nc(C6CCCN6C(=O)C(NC(=O)OC)C(C)C)[nH]c5c4)c4c5ccc(o5)c34)cc2)[nH]1)C(C)C. The van der Waals surface area contributed by atoms with Gasteiger partial charge in [0.15, 0.2) is 0 Å². The van der Waals surface area contributed by atoms with Crippen LogP contribution < -0.4 is 10.6 Å². The van der Waals surface area contributed by atoms with E-state index in [9.17, 15) is 19.2 Å². The number of hydrogen-bond acceptors (Lipinski definition) is 9. The van der Waals surface area contributed by atoms with Gasteiger partial charge in [0.25, 0.3) is 0 Å². The Kier molecular flexibility index (Phi) is 11.3. The number of methoxy groups -OCH3 is 2. The number of fused-ring (bicyclic) bond motifs is 6. The van der Waals surface area contributed by atoms with Gasteiger partial charge in [-0.15, -0.1) is 0 Å². The smallest absolute Gasteiger partial charge is 0.407 e. The van der Waals surface area contributed by atoms with E-state index in [4.69, 9.17) is 23.9 Å². The van der Waals surface area contributed by atoms with Crippen LogP contribution in [-0.2, 0) is 19.1 Å². The fraction of sp³-hybridized carbons (Fsp3) is 0.388. The number of H-pyrrole nitrogens is 2. The molecule has 15 nitrogen and oxygen atoms in total. The number of nitrogens with one attached hydrogen (secondary N) is 4. The maximum Gasteiger partial charge on any atom is 0.407 e. The van der Waals surface area contributed by atoms with Crippen LogP contribution in [0.2, 0.25) is 0 Å². The topological polar surface area (TPSA) is 188 Å². The average Bonchev–Trinajstić information content (AvgIpc) is 4.16. The molecule has 15 heteroatoms. The summed E-state index contributed by atoms with van der Waals surface area (Å²) in [6.45, 7) is 10.9. The predicted molar refractivity (Wildman–Crippen MR) is 243 cm³/mol. The standard InChI is InChI=1S/C49H54N8O7/c1-25(2)42(54-48(60)62-6)46(58)56-20-8-9-36(56)45-51-33-17-14-30(22-34(33)52-45)32-16-15-31(40-38-18-19-39(64-38)41(32)40)28-10-12-29(13-11-28)35-23-50-44(53-35)37-21-27(5)24-57(37)47(59)43(26(3)4)55-49(61)63-7/h10-19,22-23,25-27,36-37,42-43H,8-9,20-21,24H2,1-7H3,(H,50,53)(H,51,52)(H,54,60)(H,55,61). The van der Waals surface area contributed by atoms with Gasteiger partial charge in [-0.3, -0.25) is 9.59 Å². The summed E-state index contributed by atoms with van der Waals surface area (Å²) in [5, 5.41) is 7.52. The van der Waals surface area contributed by atoms with E-state index in [1.807, 2.05) is 61.9 Å². The molecule has 64 heavy (non-hydrogen) atoms. The quantitative estimate of drug-likeness (QED) is 0.0984. The van der Waals surface area contributed by atoms with Crippen molar-refractivity contribution in [3.05, 3.63) is 84.6 Å². The second-order valence-corrected chi connectivity index (χ2v) is 17.9. The summed E-state index contributed by atoms with van der Waals surface area (Å²) < 4.78 is 15.9. The van der Waals surface area contributed by atoms with Crippen molar-refractivity contribution in [3.63, 3.8) is 0 Å². The van der Waals surface area contributed by atoms with E-state index >= 15 is 0 Å². The molecule has 9 rings (SSSR count). The Bertz CT molecular complexity index is 2860. The number of aromatic amines is 2. The number of ether oxygens (including phenoxy) is 2. The number of carbonyl (C=O) groups is 4. The Hall–Kier alpha value is -6.90. The lowest BCUT2D eigenvalue weighted by atomic mass is 9.91. The van der Waals surface area contributed by atoms with Crippen LogP contribution in [0.15, 0.2) is 77.3 Å². The highest BCUT2D eigenvalue weighted by Crippen LogP contribution is 2.45. The molecule has 0 saturated carbocycles. The Morgan fingerprint density at radius 2 is 1.33 bits per heavy atom. The van der Waals surface area contributed by atoms with E-state index in [0.29, 0.717) is 18.9 Å². The van der Waals surface area contributed by atoms with Crippen molar-refractivity contribution in [2.75, 3.05) is 27.3 Å². The van der Waals surface area contributed by atoms with E-state index in [-0.39, 0.29) is 41.7 Å². The van der Waals surface area contributed by atoms with Crippen molar-refractivity contribution in [2.24, 2.45) is 17.8 Å². The summed E-state index contributed by atoms with van der Waals surface area (Å²) in [6.07, 6.45) is 2.91. The third-order valence-electron chi connectivity index (χ3n) is 13.0. The van der Waals surface area contributed by atoms with Crippen molar-refractivity contribution >= 4 is 57.0 Å². The number of hydrogen-bond donors (Lipinski definition) is 4. The number of imidazole rings is 2. The molecule has 2 saturated heterocycles. The minimum atomic E-state index is -0.713. The number of furan rings is 2. The van der Waals surface area contributed by atoms with Crippen LogP contribution in [0.1, 0.15) is 77.6 Å². The van der Waals surface area contributed by atoms with Crippen molar-refractivity contribution in [2.45, 2.75) is 78.0 Å². The van der Waals surface area contributed by atoms with Crippen LogP contribution in [0.3, 0.4) is 0 Å². The Morgan fingerprint density at radius 1 is 0.734 bits per heavy atom. The Morgan fingerprint density at radius 3 is 1.95 bits per heavy atom. The lowest BCUT2D eigenvalue weighted by molar-refractivity contribution is -0.136. The van der Waals surface area contributed by atoms with Gasteiger partial charge in [0.05, 0.1) is 49.2 Å². The van der Waals surface area contributed by atoms with E-state index in [0.717, 1.165) is 91.6 Å². The minimum absolute atomic E-state index is 0.123. The van der Waals surface area contributed by atoms with Gasteiger partial charge in [-0.25, -0.2) is 19.6 Å². The highest BCUT2D eigenvalue weighted by atomic mass is 16.5. The van der Waals surface area contributed by atoms with Gasteiger partial charge in [-0.2, -0.15) is 0 Å². The highest BCUT2D eigenvalue weighted by molar-refractivity contribution is 6.19. The van der Waals surface area contributed by atoms with E-state index in [2.05, 4.69) is 76.1 Å². The van der Waals surface area contributed by atoms with Crippen LogP contribution in [0.4, 0.5) is 9.59 Å². The lowest BCUT2D eigenvalue weighted by Crippen LogP contribution is -2.51. The first-order valence-electron chi connectivity index (χ1n) is 22.1. The van der Waals surface area contributed by atoms with Gasteiger partial charge in [0, 0.05) is 23.9 Å². The highest BCUT2D eigenvalue weighted by Gasteiger charge is 2.41. The van der Waals surface area contributed by atoms with Crippen LogP contribution in [0, 0.1) is 17.8 Å². The normalized spacial score (nSPS) is 18.7. The zero-order chi connectivity index (χ0) is 45.0. The molecular formula is C49H54N8O7. The number of nitrogens with zero attached hydrogens (tertiary/aromatic N) is 4. The van der Waals surface area contributed by atoms with Gasteiger partial charge >= 0.3 is 12.2 Å². The molecule has 0 radical (unpaired) electrons. The summed E-state index contributed by atoms with van der Waals surface area (Å²) in [7, 11) is 2.59. The van der Waals surface area contributed by atoms with Gasteiger partial charge in [0.2, 0.25) is 11.8 Å². The first-order valence-corrected chi connectivity index (χ1v) is 22.1. The van der Waals surface area contributed by atoms with Crippen molar-refractivity contribution in [3.8, 4) is 33.5 Å². The number of carbonyl (C=O) groups excluding carboxylic acids is 4. The number of amides is 4. The molecule has 3 aromatic carbocycles. The number of benzene rings is 4. The maximum atomic E-state index is 13.8. The largest absolute Gasteiger partial charge is 0.456 e.